The Balaban J connectivity index is 0.00000147. The minimum absolute atomic E-state index is 0. The number of carbonyl (C=O) groups excluding carboxylic acids is 1. The number of likely N-dealkylation sites (tertiary alicyclic amines) is 1. The fourth-order valence-corrected chi connectivity index (χ4v) is 3.44. The summed E-state index contributed by atoms with van der Waals surface area (Å²) in [6, 6.07) is 4.45. The smallest absolute Gasteiger partial charge is 0.253 e. The van der Waals surface area contributed by atoms with Crippen molar-refractivity contribution in [3.63, 3.8) is 0 Å². The lowest BCUT2D eigenvalue weighted by atomic mass is 9.86. The standard InChI is InChI=1S/C14H16BrFN2O.ClH/c15-11-7-10(1-2-12(11)16)13(19)18-6-4-14(9-18)3-5-17-8-14;/h1-2,7,17H,3-6,8-9H2;1H. The Morgan fingerprint density at radius 3 is 2.85 bits per heavy atom. The van der Waals surface area contributed by atoms with Crippen LogP contribution in [0.2, 0.25) is 0 Å². The highest BCUT2D eigenvalue weighted by Gasteiger charge is 2.41. The van der Waals surface area contributed by atoms with Gasteiger partial charge in [-0.15, -0.1) is 12.4 Å². The third-order valence-corrected chi connectivity index (χ3v) is 4.83. The van der Waals surface area contributed by atoms with Gasteiger partial charge in [-0.05, 0) is 53.5 Å². The minimum Gasteiger partial charge on any atom is -0.338 e. The Kier molecular flexibility index (Phi) is 4.72. The number of hydrogen-bond acceptors (Lipinski definition) is 2. The molecule has 1 atom stereocenters. The molecular formula is C14H17BrClFN2O. The molecule has 1 spiro atoms. The molecule has 2 aliphatic rings. The first-order chi connectivity index (χ1) is 9.10. The van der Waals surface area contributed by atoms with Crippen molar-refractivity contribution in [3.8, 4) is 0 Å². The van der Waals surface area contributed by atoms with E-state index in [1.807, 2.05) is 4.90 Å². The second-order valence-corrected chi connectivity index (χ2v) is 6.39. The quantitative estimate of drug-likeness (QED) is 0.832. The number of amides is 1. The van der Waals surface area contributed by atoms with E-state index in [9.17, 15) is 9.18 Å². The highest BCUT2D eigenvalue weighted by Crippen LogP contribution is 2.36. The number of hydrogen-bond donors (Lipinski definition) is 1. The summed E-state index contributed by atoms with van der Waals surface area (Å²) < 4.78 is 13.5. The first-order valence-corrected chi connectivity index (χ1v) is 7.34. The number of carbonyl (C=O) groups is 1. The fourth-order valence-electron chi connectivity index (χ4n) is 3.06. The summed E-state index contributed by atoms with van der Waals surface area (Å²) in [5, 5.41) is 3.38. The summed E-state index contributed by atoms with van der Waals surface area (Å²) in [5.41, 5.74) is 0.823. The number of nitrogens with zero attached hydrogens (tertiary/aromatic N) is 1. The van der Waals surface area contributed by atoms with Crippen molar-refractivity contribution in [1.82, 2.24) is 10.2 Å². The Hall–Kier alpha value is -0.650. The normalized spacial score (nSPS) is 25.0. The average molecular weight is 364 g/mol. The van der Waals surface area contributed by atoms with E-state index in [2.05, 4.69) is 21.2 Å². The molecule has 2 heterocycles. The zero-order valence-electron chi connectivity index (χ0n) is 11.0. The van der Waals surface area contributed by atoms with Crippen LogP contribution < -0.4 is 5.32 Å². The molecular weight excluding hydrogens is 347 g/mol. The van der Waals surface area contributed by atoms with Gasteiger partial charge in [-0.3, -0.25) is 4.79 Å². The fraction of sp³-hybridized carbons (Fsp3) is 0.500. The predicted octanol–water partition coefficient (Wildman–Crippen LogP) is 2.84. The molecule has 0 aromatic heterocycles. The Morgan fingerprint density at radius 1 is 1.40 bits per heavy atom. The lowest BCUT2D eigenvalue weighted by Gasteiger charge is -2.22. The van der Waals surface area contributed by atoms with Crippen LogP contribution in [0.15, 0.2) is 22.7 Å². The van der Waals surface area contributed by atoms with Crippen LogP contribution in [-0.2, 0) is 0 Å². The van der Waals surface area contributed by atoms with E-state index in [0.29, 0.717) is 10.0 Å². The van der Waals surface area contributed by atoms with Gasteiger partial charge < -0.3 is 10.2 Å². The van der Waals surface area contributed by atoms with E-state index in [1.54, 1.807) is 12.1 Å². The molecule has 0 radical (unpaired) electrons. The van der Waals surface area contributed by atoms with Crippen LogP contribution in [0.1, 0.15) is 23.2 Å². The van der Waals surface area contributed by atoms with Gasteiger partial charge in [-0.2, -0.15) is 0 Å². The van der Waals surface area contributed by atoms with E-state index in [4.69, 9.17) is 0 Å². The highest BCUT2D eigenvalue weighted by molar-refractivity contribution is 9.10. The molecule has 20 heavy (non-hydrogen) atoms. The van der Waals surface area contributed by atoms with Crippen LogP contribution >= 0.6 is 28.3 Å². The van der Waals surface area contributed by atoms with Crippen molar-refractivity contribution < 1.29 is 9.18 Å². The molecule has 1 amide bonds. The highest BCUT2D eigenvalue weighted by atomic mass is 79.9. The van der Waals surface area contributed by atoms with Gasteiger partial charge in [-0.1, -0.05) is 0 Å². The summed E-state index contributed by atoms with van der Waals surface area (Å²) in [4.78, 5) is 14.3. The van der Waals surface area contributed by atoms with Crippen molar-refractivity contribution in [1.29, 1.82) is 0 Å². The summed E-state index contributed by atoms with van der Waals surface area (Å²) in [5.74, 6) is -0.334. The van der Waals surface area contributed by atoms with E-state index < -0.39 is 0 Å². The molecule has 1 aromatic rings. The lowest BCUT2D eigenvalue weighted by molar-refractivity contribution is 0.0775. The van der Waals surface area contributed by atoms with Gasteiger partial charge in [0.05, 0.1) is 4.47 Å². The van der Waals surface area contributed by atoms with Gasteiger partial charge >= 0.3 is 0 Å². The third-order valence-electron chi connectivity index (χ3n) is 4.22. The molecule has 2 aliphatic heterocycles. The molecule has 1 aromatic carbocycles. The summed E-state index contributed by atoms with van der Waals surface area (Å²) in [6.07, 6.45) is 2.21. The van der Waals surface area contributed by atoms with Crippen LogP contribution in [0.25, 0.3) is 0 Å². The first kappa shape index (κ1) is 15.7. The van der Waals surface area contributed by atoms with Crippen molar-refractivity contribution in [2.45, 2.75) is 12.8 Å². The number of benzene rings is 1. The second-order valence-electron chi connectivity index (χ2n) is 5.53. The van der Waals surface area contributed by atoms with Crippen molar-refractivity contribution >= 4 is 34.2 Å². The van der Waals surface area contributed by atoms with Gasteiger partial charge in [0, 0.05) is 30.6 Å². The van der Waals surface area contributed by atoms with Crippen LogP contribution in [0.5, 0.6) is 0 Å². The van der Waals surface area contributed by atoms with Crippen molar-refractivity contribution in [2.75, 3.05) is 26.2 Å². The van der Waals surface area contributed by atoms with Crippen molar-refractivity contribution in [2.24, 2.45) is 5.41 Å². The zero-order chi connectivity index (χ0) is 13.5. The molecule has 3 rings (SSSR count). The van der Waals surface area contributed by atoms with Crippen LogP contribution in [0, 0.1) is 11.2 Å². The van der Waals surface area contributed by atoms with E-state index >= 15 is 0 Å². The Bertz CT molecular complexity index is 520. The molecule has 2 saturated heterocycles. The SMILES string of the molecule is Cl.O=C(c1ccc(F)c(Br)c1)N1CCC2(CCNC2)C1. The number of nitrogens with one attached hydrogen (secondary N) is 1. The monoisotopic (exact) mass is 362 g/mol. The maximum absolute atomic E-state index is 13.2. The first-order valence-electron chi connectivity index (χ1n) is 6.55. The van der Waals surface area contributed by atoms with Crippen LogP contribution in [0.3, 0.4) is 0 Å². The predicted molar refractivity (Wildman–Crippen MR) is 81.8 cm³/mol. The van der Waals surface area contributed by atoms with Gasteiger partial charge in [-0.25, -0.2) is 4.39 Å². The summed E-state index contributed by atoms with van der Waals surface area (Å²) in [6.45, 7) is 3.66. The maximum Gasteiger partial charge on any atom is 0.253 e. The zero-order valence-corrected chi connectivity index (χ0v) is 13.4. The molecule has 2 fully saturated rings. The Morgan fingerprint density at radius 2 is 2.20 bits per heavy atom. The average Bonchev–Trinajstić information content (AvgIpc) is 3.03. The van der Waals surface area contributed by atoms with Gasteiger partial charge in [0.25, 0.3) is 5.91 Å². The van der Waals surface area contributed by atoms with Crippen LogP contribution in [-0.4, -0.2) is 37.0 Å². The van der Waals surface area contributed by atoms with E-state index in [0.717, 1.165) is 39.0 Å². The summed E-state index contributed by atoms with van der Waals surface area (Å²) in [7, 11) is 0. The molecule has 110 valence electrons. The number of halogens is 3. The van der Waals surface area contributed by atoms with Crippen molar-refractivity contribution in [3.05, 3.63) is 34.1 Å². The van der Waals surface area contributed by atoms with Gasteiger partial charge in [0.15, 0.2) is 0 Å². The molecule has 1 N–H and O–H groups in total. The molecule has 1 unspecified atom stereocenters. The van der Waals surface area contributed by atoms with Gasteiger partial charge in [0.2, 0.25) is 0 Å². The third kappa shape index (κ3) is 2.85. The topological polar surface area (TPSA) is 32.3 Å². The molecule has 0 bridgehead atoms. The number of rotatable bonds is 1. The van der Waals surface area contributed by atoms with Gasteiger partial charge in [0.1, 0.15) is 5.82 Å². The largest absolute Gasteiger partial charge is 0.338 e. The molecule has 6 heteroatoms. The second kappa shape index (κ2) is 6.00. The molecule has 3 nitrogen and oxygen atoms in total. The van der Waals surface area contributed by atoms with E-state index in [-0.39, 0.29) is 29.5 Å². The Labute approximate surface area is 132 Å². The summed E-state index contributed by atoms with van der Waals surface area (Å²) >= 11 is 3.13. The minimum atomic E-state index is -0.338. The van der Waals surface area contributed by atoms with Crippen LogP contribution in [0.4, 0.5) is 4.39 Å². The maximum atomic E-state index is 13.2. The van der Waals surface area contributed by atoms with E-state index in [1.165, 1.54) is 6.07 Å². The molecule has 0 aliphatic carbocycles. The molecule has 0 saturated carbocycles. The lowest BCUT2D eigenvalue weighted by Crippen LogP contribution is -2.33.